The van der Waals surface area contributed by atoms with Crippen LogP contribution < -0.4 is 5.43 Å². The molecule has 0 saturated carbocycles. The molecule has 0 unspecified atom stereocenters. The summed E-state index contributed by atoms with van der Waals surface area (Å²) in [5.74, 6) is -0.625. The smallest absolute Gasteiger partial charge is 0.433 e. The number of alkyl halides is 3. The molecule has 0 fully saturated rings. The SMILES string of the molecule is CC.CC.CC.CC(C)c1ncc(-c2cc(O)cc3cccnc23)cc1O.CC(C)c1ncc(-c2ccc(F)c3[nH]ccc(=O)c23)cc1O.CC(C)c1ncc(-c2ccc(F)c3ccc(C(F)(F)F)nc23)cc1O. The number of nitrogens with one attached hydrogen (secondary N) is 1. The Kier molecular flexibility index (Phi) is 20.6. The summed E-state index contributed by atoms with van der Waals surface area (Å²) in [6, 6.07) is 20.1. The number of pyridine rings is 6. The number of hydrogen-bond acceptors (Lipinski definition) is 10. The number of hydrogen-bond donors (Lipinski definition) is 5. The second kappa shape index (κ2) is 26.1. The fraction of sp³-hybridized carbons (Fsp3) is 0.276. The number of aromatic hydroxyl groups is 4. The molecule has 0 atom stereocenters. The topological polar surface area (TPSA) is 178 Å². The second-order valence-electron chi connectivity index (χ2n) is 16.8. The van der Waals surface area contributed by atoms with Gasteiger partial charge < -0.3 is 25.4 Å². The fourth-order valence-corrected chi connectivity index (χ4v) is 7.64. The van der Waals surface area contributed by atoms with E-state index in [1.54, 1.807) is 42.9 Å². The van der Waals surface area contributed by atoms with E-state index in [4.69, 9.17) is 0 Å². The first-order valence-electron chi connectivity index (χ1n) is 24.3. The summed E-state index contributed by atoms with van der Waals surface area (Å²) < 4.78 is 66.7. The highest BCUT2D eigenvalue weighted by Gasteiger charge is 2.33. The van der Waals surface area contributed by atoms with Crippen LogP contribution >= 0.6 is 0 Å². The van der Waals surface area contributed by atoms with E-state index in [1.165, 1.54) is 42.7 Å². The van der Waals surface area contributed by atoms with Gasteiger partial charge in [-0.15, -0.1) is 0 Å². The largest absolute Gasteiger partial charge is 0.508 e. The fourth-order valence-electron chi connectivity index (χ4n) is 7.64. The van der Waals surface area contributed by atoms with Crippen molar-refractivity contribution in [3.8, 4) is 56.4 Å². The highest BCUT2D eigenvalue weighted by molar-refractivity contribution is 5.96. The standard InChI is InChI=1S/C18H14F4N2O.C17H15FN2O2.C17H16N2O2.3C2H6/c1-9(2)16-14(25)7-10(8-23-16)11-3-5-13(19)12-4-6-15(18(20,21)22)24-17(11)12;1-9(2)16-14(22)7-10(8-20-16)11-3-4-12(18)17-15(11)13(21)5-6-19-17;1-10(2)16-15(21)7-12(9-19-16)14-8-13(20)6-11-4-3-5-18-17(11)14;3*1-2/h3-9,25H,1-2H3;3-9,22H,1-2H3,(H,19,21);3-10,20-21H,1-2H3;3*1-2H3. The third kappa shape index (κ3) is 13.5. The summed E-state index contributed by atoms with van der Waals surface area (Å²) in [4.78, 5) is 35.6. The van der Waals surface area contributed by atoms with E-state index in [0.717, 1.165) is 40.2 Å². The zero-order valence-electron chi connectivity index (χ0n) is 43.5. The molecule has 6 heterocycles. The third-order valence-corrected chi connectivity index (χ3v) is 10.9. The molecule has 74 heavy (non-hydrogen) atoms. The molecule has 11 nitrogen and oxygen atoms in total. The summed E-state index contributed by atoms with van der Waals surface area (Å²) in [6.07, 6.45) is 3.21. The number of phenols is 1. The minimum absolute atomic E-state index is 0.0195. The number of aromatic amines is 1. The maximum absolute atomic E-state index is 14.0. The lowest BCUT2D eigenvalue weighted by molar-refractivity contribution is -0.140. The van der Waals surface area contributed by atoms with Gasteiger partial charge in [0, 0.05) is 75.6 Å². The van der Waals surface area contributed by atoms with Crippen LogP contribution in [0.1, 0.15) is 124 Å². The van der Waals surface area contributed by atoms with Gasteiger partial charge >= 0.3 is 6.18 Å². The van der Waals surface area contributed by atoms with Gasteiger partial charge in [0.15, 0.2) is 5.43 Å². The van der Waals surface area contributed by atoms with Crippen LogP contribution in [0.4, 0.5) is 22.0 Å². The number of fused-ring (bicyclic) bond motifs is 3. The Morgan fingerprint density at radius 3 is 1.53 bits per heavy atom. The molecular weight excluding hydrogens is 956 g/mol. The molecule has 5 N–H and O–H groups in total. The quantitative estimate of drug-likeness (QED) is 0.101. The molecule has 0 radical (unpaired) electrons. The molecule has 9 aromatic rings. The molecule has 0 bridgehead atoms. The zero-order valence-corrected chi connectivity index (χ0v) is 43.5. The predicted octanol–water partition coefficient (Wildman–Crippen LogP) is 15.8. The second-order valence-corrected chi connectivity index (χ2v) is 16.8. The van der Waals surface area contributed by atoms with Crippen molar-refractivity contribution in [3.63, 3.8) is 0 Å². The minimum Gasteiger partial charge on any atom is -0.508 e. The third-order valence-electron chi connectivity index (χ3n) is 10.9. The lowest BCUT2D eigenvalue weighted by atomic mass is 9.99. The Balaban J connectivity index is 0.000000229. The van der Waals surface area contributed by atoms with E-state index in [0.29, 0.717) is 33.8 Å². The molecule has 3 aromatic carbocycles. The number of nitrogens with zero attached hydrogens (tertiary/aromatic N) is 5. The summed E-state index contributed by atoms with van der Waals surface area (Å²) in [5.41, 5.74) is 4.34. The molecule has 6 aromatic heterocycles. The normalized spacial score (nSPS) is 10.9. The highest BCUT2D eigenvalue weighted by Crippen LogP contribution is 2.38. The summed E-state index contributed by atoms with van der Waals surface area (Å²) in [5, 5.41) is 41.3. The highest BCUT2D eigenvalue weighted by atomic mass is 19.4. The van der Waals surface area contributed by atoms with E-state index in [1.807, 2.05) is 95.2 Å². The molecule has 390 valence electrons. The number of benzene rings is 3. The van der Waals surface area contributed by atoms with Crippen molar-refractivity contribution < 1.29 is 42.4 Å². The maximum Gasteiger partial charge on any atom is 0.433 e. The Morgan fingerprint density at radius 1 is 0.541 bits per heavy atom. The Hall–Kier alpha value is -8.01. The van der Waals surface area contributed by atoms with Crippen molar-refractivity contribution in [2.24, 2.45) is 0 Å². The van der Waals surface area contributed by atoms with Crippen LogP contribution in [0.2, 0.25) is 0 Å². The first-order chi connectivity index (χ1) is 35.2. The van der Waals surface area contributed by atoms with Gasteiger partial charge in [-0.2, -0.15) is 13.2 Å². The van der Waals surface area contributed by atoms with Crippen molar-refractivity contribution in [2.45, 2.75) is 107 Å². The number of phenolic OH excluding ortho intramolecular Hbond substituents is 1. The van der Waals surface area contributed by atoms with Crippen LogP contribution in [0, 0.1) is 11.6 Å². The van der Waals surface area contributed by atoms with E-state index < -0.39 is 23.5 Å². The van der Waals surface area contributed by atoms with Gasteiger partial charge in [0.1, 0.15) is 40.3 Å². The predicted molar refractivity (Wildman–Crippen MR) is 286 cm³/mol. The first-order valence-corrected chi connectivity index (χ1v) is 24.3. The van der Waals surface area contributed by atoms with Gasteiger partial charge in [-0.3, -0.25) is 24.7 Å². The van der Waals surface area contributed by atoms with Crippen LogP contribution in [0.25, 0.3) is 66.1 Å². The zero-order chi connectivity index (χ0) is 55.2. The van der Waals surface area contributed by atoms with Gasteiger partial charge in [-0.05, 0) is 90.0 Å². The van der Waals surface area contributed by atoms with Crippen molar-refractivity contribution in [1.82, 2.24) is 29.9 Å². The van der Waals surface area contributed by atoms with Crippen LogP contribution in [-0.2, 0) is 6.18 Å². The van der Waals surface area contributed by atoms with Gasteiger partial charge in [0.05, 0.1) is 39.0 Å². The van der Waals surface area contributed by atoms with Gasteiger partial charge in [0.2, 0.25) is 0 Å². The number of aromatic nitrogens is 6. The Labute approximate surface area is 427 Å². The number of rotatable bonds is 6. The number of H-pyrrole nitrogens is 1. The molecule has 9 rings (SSSR count). The molecule has 0 spiro atoms. The average Bonchev–Trinajstić information content (AvgIpc) is 3.38. The molecule has 0 aliphatic heterocycles. The first kappa shape index (κ1) is 58.6. The molecule has 0 amide bonds. The minimum atomic E-state index is -4.64. The molecular formula is C58H63F5N6O5. The van der Waals surface area contributed by atoms with Crippen molar-refractivity contribution in [1.29, 1.82) is 0 Å². The number of halogens is 5. The van der Waals surface area contributed by atoms with Crippen LogP contribution in [0.15, 0.2) is 121 Å². The van der Waals surface area contributed by atoms with Crippen LogP contribution in [0.5, 0.6) is 23.0 Å². The Bertz CT molecular complexity index is 3400. The van der Waals surface area contributed by atoms with Crippen molar-refractivity contribution in [2.75, 3.05) is 0 Å². The lowest BCUT2D eigenvalue weighted by Crippen LogP contribution is -2.08. The van der Waals surface area contributed by atoms with Gasteiger partial charge in [0.25, 0.3) is 0 Å². The summed E-state index contributed by atoms with van der Waals surface area (Å²) in [7, 11) is 0. The van der Waals surface area contributed by atoms with E-state index in [2.05, 4.69) is 29.9 Å². The van der Waals surface area contributed by atoms with E-state index in [-0.39, 0.29) is 73.5 Å². The van der Waals surface area contributed by atoms with Crippen LogP contribution in [0.3, 0.4) is 0 Å². The maximum atomic E-state index is 14.0. The van der Waals surface area contributed by atoms with Crippen LogP contribution in [-0.4, -0.2) is 50.3 Å². The van der Waals surface area contributed by atoms with E-state index in [9.17, 15) is 47.2 Å². The lowest BCUT2D eigenvalue weighted by Gasteiger charge is -2.12. The monoisotopic (exact) mass is 1020 g/mol. The van der Waals surface area contributed by atoms with Crippen molar-refractivity contribution in [3.05, 3.63) is 161 Å². The van der Waals surface area contributed by atoms with Crippen molar-refractivity contribution >= 4 is 32.7 Å². The molecule has 0 aliphatic carbocycles. The van der Waals surface area contributed by atoms with E-state index >= 15 is 0 Å². The molecule has 0 aliphatic rings. The Morgan fingerprint density at radius 2 is 1.03 bits per heavy atom. The molecule has 0 saturated heterocycles. The average molecular weight is 1020 g/mol. The molecule has 16 heteroatoms. The summed E-state index contributed by atoms with van der Waals surface area (Å²) in [6.45, 7) is 23.5. The summed E-state index contributed by atoms with van der Waals surface area (Å²) >= 11 is 0. The van der Waals surface area contributed by atoms with Gasteiger partial charge in [-0.25, -0.2) is 13.8 Å². The van der Waals surface area contributed by atoms with Gasteiger partial charge in [-0.1, -0.05) is 95.2 Å².